The molecule has 0 bridgehead atoms. The van der Waals surface area contributed by atoms with E-state index in [4.69, 9.17) is 14.2 Å². The molecule has 0 saturated heterocycles. The molecule has 0 amide bonds. The topological polar surface area (TPSA) is 61.8 Å². The van der Waals surface area contributed by atoms with Crippen molar-refractivity contribution in [3.05, 3.63) is 29.8 Å². The highest BCUT2D eigenvalue weighted by Gasteiger charge is 2.18. The lowest BCUT2D eigenvalue weighted by Gasteiger charge is -2.18. The third kappa shape index (κ3) is 6.79. The van der Waals surface area contributed by atoms with Gasteiger partial charge in [0.1, 0.15) is 11.4 Å². The lowest BCUT2D eigenvalue weighted by atomic mass is 10.2. The van der Waals surface area contributed by atoms with Crippen LogP contribution in [0.5, 0.6) is 5.75 Å². The summed E-state index contributed by atoms with van der Waals surface area (Å²) in [5, 5.41) is 0. The molecule has 0 spiro atoms. The Kier molecular flexibility index (Phi) is 5.76. The molecule has 0 aliphatic heterocycles. The monoisotopic (exact) mass is 294 g/mol. The quantitative estimate of drug-likeness (QED) is 0.624. The lowest BCUT2D eigenvalue weighted by Crippen LogP contribution is -2.25. The van der Waals surface area contributed by atoms with Gasteiger partial charge in [0, 0.05) is 0 Å². The normalized spacial score (nSPS) is 11.1. The van der Waals surface area contributed by atoms with Gasteiger partial charge < -0.3 is 14.2 Å². The molecule has 5 nitrogen and oxygen atoms in total. The van der Waals surface area contributed by atoms with E-state index >= 15 is 0 Å². The molecule has 0 aliphatic rings. The fourth-order valence-electron chi connectivity index (χ4n) is 1.35. The Bertz CT molecular complexity index is 482. The molecule has 0 aromatic heterocycles. The maximum Gasteiger partial charge on any atom is 0.514 e. The maximum absolute atomic E-state index is 11.7. The van der Waals surface area contributed by atoms with Gasteiger partial charge in [0.2, 0.25) is 0 Å². The van der Waals surface area contributed by atoms with Crippen molar-refractivity contribution in [3.8, 4) is 5.75 Å². The summed E-state index contributed by atoms with van der Waals surface area (Å²) in [4.78, 5) is 23.2. The van der Waals surface area contributed by atoms with Crippen LogP contribution in [-0.2, 0) is 9.47 Å². The molecular weight excluding hydrogens is 272 g/mol. The third-order valence-corrected chi connectivity index (χ3v) is 2.23. The van der Waals surface area contributed by atoms with Gasteiger partial charge >= 0.3 is 12.1 Å². The fourth-order valence-corrected chi connectivity index (χ4v) is 1.35. The van der Waals surface area contributed by atoms with Gasteiger partial charge in [0.25, 0.3) is 0 Å². The van der Waals surface area contributed by atoms with Gasteiger partial charge in [-0.1, -0.05) is 13.8 Å². The summed E-state index contributed by atoms with van der Waals surface area (Å²) in [6, 6.07) is 6.14. The van der Waals surface area contributed by atoms with Crippen molar-refractivity contribution in [1.29, 1.82) is 0 Å². The maximum atomic E-state index is 11.7. The predicted molar refractivity (Wildman–Crippen MR) is 78.4 cm³/mol. The molecule has 1 aromatic carbocycles. The van der Waals surface area contributed by atoms with Crippen molar-refractivity contribution in [2.75, 3.05) is 6.61 Å². The Morgan fingerprint density at radius 1 is 1.10 bits per heavy atom. The number of carbonyl (C=O) groups is 2. The molecule has 1 aromatic rings. The Morgan fingerprint density at radius 2 is 1.67 bits per heavy atom. The van der Waals surface area contributed by atoms with Crippen LogP contribution in [0, 0.1) is 5.92 Å². The van der Waals surface area contributed by atoms with Crippen LogP contribution < -0.4 is 4.74 Å². The summed E-state index contributed by atoms with van der Waals surface area (Å²) in [5.74, 6) is 0.195. The van der Waals surface area contributed by atoms with Crippen LogP contribution in [-0.4, -0.2) is 24.3 Å². The smallest absolute Gasteiger partial charge is 0.462 e. The Balaban J connectivity index is 2.58. The van der Waals surface area contributed by atoms with E-state index in [1.54, 1.807) is 32.9 Å². The second kappa shape index (κ2) is 7.11. The van der Waals surface area contributed by atoms with E-state index in [0.29, 0.717) is 17.9 Å². The predicted octanol–water partition coefficient (Wildman–Crippen LogP) is 3.81. The summed E-state index contributed by atoms with van der Waals surface area (Å²) in [6.45, 7) is 9.55. The standard InChI is InChI=1S/C16H22O5/c1-11(2)10-19-14(17)12-6-8-13(9-7-12)20-15(18)21-16(3,4)5/h6-9,11H,10H2,1-5H3. The van der Waals surface area contributed by atoms with Gasteiger partial charge in [0.05, 0.1) is 12.2 Å². The summed E-state index contributed by atoms with van der Waals surface area (Å²) in [7, 11) is 0. The summed E-state index contributed by atoms with van der Waals surface area (Å²) in [6.07, 6.45) is -0.780. The molecule has 0 atom stereocenters. The van der Waals surface area contributed by atoms with Crippen molar-refractivity contribution in [2.45, 2.75) is 40.2 Å². The van der Waals surface area contributed by atoms with E-state index in [2.05, 4.69) is 0 Å². The zero-order chi connectivity index (χ0) is 16.0. The highest BCUT2D eigenvalue weighted by Crippen LogP contribution is 2.16. The molecular formula is C16H22O5. The first kappa shape index (κ1) is 17.0. The molecule has 21 heavy (non-hydrogen) atoms. The van der Waals surface area contributed by atoms with E-state index in [1.807, 2.05) is 13.8 Å². The van der Waals surface area contributed by atoms with Gasteiger partial charge in [-0.05, 0) is 51.0 Å². The number of ether oxygens (including phenoxy) is 3. The van der Waals surface area contributed by atoms with Crippen LogP contribution in [0.1, 0.15) is 45.0 Å². The molecule has 0 unspecified atom stereocenters. The highest BCUT2D eigenvalue weighted by molar-refractivity contribution is 5.89. The Morgan fingerprint density at radius 3 is 2.14 bits per heavy atom. The first-order valence-corrected chi connectivity index (χ1v) is 6.85. The van der Waals surface area contributed by atoms with Crippen LogP contribution in [0.4, 0.5) is 4.79 Å². The van der Waals surface area contributed by atoms with Crippen LogP contribution in [0.2, 0.25) is 0 Å². The molecule has 1 rings (SSSR count). The van der Waals surface area contributed by atoms with E-state index in [-0.39, 0.29) is 5.92 Å². The van der Waals surface area contributed by atoms with Crippen LogP contribution >= 0.6 is 0 Å². The second-order valence-electron chi connectivity index (χ2n) is 6.08. The molecule has 5 heteroatoms. The van der Waals surface area contributed by atoms with Crippen molar-refractivity contribution in [3.63, 3.8) is 0 Å². The molecule has 0 radical (unpaired) electrons. The van der Waals surface area contributed by atoms with Crippen LogP contribution in [0.15, 0.2) is 24.3 Å². The van der Waals surface area contributed by atoms with Gasteiger partial charge in [-0.2, -0.15) is 0 Å². The first-order valence-electron chi connectivity index (χ1n) is 6.85. The van der Waals surface area contributed by atoms with Gasteiger partial charge in [-0.3, -0.25) is 0 Å². The van der Waals surface area contributed by atoms with E-state index in [9.17, 15) is 9.59 Å². The molecule has 0 aliphatic carbocycles. The van der Waals surface area contributed by atoms with Crippen molar-refractivity contribution in [2.24, 2.45) is 5.92 Å². The van der Waals surface area contributed by atoms with Gasteiger partial charge in [0.15, 0.2) is 0 Å². The Hall–Kier alpha value is -2.04. The number of benzene rings is 1. The van der Waals surface area contributed by atoms with Gasteiger partial charge in [-0.15, -0.1) is 0 Å². The van der Waals surface area contributed by atoms with Crippen molar-refractivity contribution < 1.29 is 23.8 Å². The number of carbonyl (C=O) groups excluding carboxylic acids is 2. The van der Waals surface area contributed by atoms with Crippen molar-refractivity contribution in [1.82, 2.24) is 0 Å². The fraction of sp³-hybridized carbons (Fsp3) is 0.500. The molecule has 116 valence electrons. The number of hydrogen-bond acceptors (Lipinski definition) is 5. The minimum Gasteiger partial charge on any atom is -0.462 e. The van der Waals surface area contributed by atoms with E-state index < -0.39 is 17.7 Å². The third-order valence-electron chi connectivity index (χ3n) is 2.23. The van der Waals surface area contributed by atoms with E-state index in [0.717, 1.165) is 0 Å². The molecule has 0 N–H and O–H groups in total. The largest absolute Gasteiger partial charge is 0.514 e. The lowest BCUT2D eigenvalue weighted by molar-refractivity contribution is 0.0206. The SMILES string of the molecule is CC(C)COC(=O)c1ccc(OC(=O)OC(C)(C)C)cc1. The zero-order valence-corrected chi connectivity index (χ0v) is 13.1. The zero-order valence-electron chi connectivity index (χ0n) is 13.1. The minimum absolute atomic E-state index is 0.281. The molecule has 0 heterocycles. The van der Waals surface area contributed by atoms with Crippen LogP contribution in [0.25, 0.3) is 0 Å². The number of esters is 1. The summed E-state index contributed by atoms with van der Waals surface area (Å²) >= 11 is 0. The molecule has 0 fully saturated rings. The highest BCUT2D eigenvalue weighted by atomic mass is 16.7. The average molecular weight is 294 g/mol. The Labute approximate surface area is 125 Å². The number of rotatable bonds is 4. The van der Waals surface area contributed by atoms with Crippen molar-refractivity contribution >= 4 is 12.1 Å². The molecule has 0 saturated carbocycles. The number of hydrogen-bond donors (Lipinski definition) is 0. The van der Waals surface area contributed by atoms with Gasteiger partial charge in [-0.25, -0.2) is 9.59 Å². The first-order chi connectivity index (χ1) is 9.67. The summed E-state index contributed by atoms with van der Waals surface area (Å²) < 4.78 is 15.1. The van der Waals surface area contributed by atoms with Crippen LogP contribution in [0.3, 0.4) is 0 Å². The minimum atomic E-state index is -0.780. The summed E-state index contributed by atoms with van der Waals surface area (Å²) in [5.41, 5.74) is -0.204. The van der Waals surface area contributed by atoms with E-state index in [1.165, 1.54) is 12.1 Å². The second-order valence-corrected chi connectivity index (χ2v) is 6.08. The average Bonchev–Trinajstić information content (AvgIpc) is 2.34.